The first-order valence-corrected chi connectivity index (χ1v) is 5.27. The molecular weight excluding hydrogens is 190 g/mol. The van der Waals surface area contributed by atoms with Gasteiger partial charge in [-0.15, -0.1) is 0 Å². The topological polar surface area (TPSA) is 70.9 Å². The van der Waals surface area contributed by atoms with Crippen LogP contribution in [0.3, 0.4) is 0 Å². The molecule has 0 aliphatic rings. The molecule has 0 bridgehead atoms. The predicted octanol–water partition coefficient (Wildman–Crippen LogP) is 1.12. The summed E-state index contributed by atoms with van der Waals surface area (Å²) in [6.45, 7) is 4.71. The highest BCUT2D eigenvalue weighted by Crippen LogP contribution is 2.04. The van der Waals surface area contributed by atoms with E-state index in [0.29, 0.717) is 18.2 Å². The third kappa shape index (κ3) is 3.75. The molecule has 0 radical (unpaired) electrons. The second-order valence-electron chi connectivity index (χ2n) is 4.12. The zero-order valence-electron chi connectivity index (χ0n) is 9.29. The summed E-state index contributed by atoms with van der Waals surface area (Å²) in [6.07, 6.45) is 2.64. The van der Waals surface area contributed by atoms with Gasteiger partial charge in [0.2, 0.25) is 0 Å². The van der Waals surface area contributed by atoms with Gasteiger partial charge in [0.1, 0.15) is 5.69 Å². The Morgan fingerprint density at radius 3 is 2.80 bits per heavy atom. The average Bonchev–Trinajstić information content (AvgIpc) is 2.68. The zero-order valence-corrected chi connectivity index (χ0v) is 9.29. The molecule has 1 atom stereocenters. The molecule has 84 valence electrons. The van der Waals surface area contributed by atoms with Gasteiger partial charge in [-0.25, -0.2) is 0 Å². The van der Waals surface area contributed by atoms with Gasteiger partial charge in [0, 0.05) is 18.8 Å². The van der Waals surface area contributed by atoms with Crippen LogP contribution >= 0.6 is 0 Å². The zero-order chi connectivity index (χ0) is 11.3. The van der Waals surface area contributed by atoms with Crippen molar-refractivity contribution in [3.8, 4) is 0 Å². The van der Waals surface area contributed by atoms with E-state index >= 15 is 0 Å². The predicted molar refractivity (Wildman–Crippen MR) is 60.6 cm³/mol. The molecular formula is C11H19N3O. The van der Waals surface area contributed by atoms with Crippen molar-refractivity contribution < 1.29 is 4.79 Å². The molecule has 4 nitrogen and oxygen atoms in total. The minimum atomic E-state index is -0.0869. The molecule has 1 amide bonds. The van der Waals surface area contributed by atoms with E-state index in [9.17, 15) is 4.79 Å². The summed E-state index contributed by atoms with van der Waals surface area (Å²) in [7, 11) is 0. The molecule has 1 aromatic heterocycles. The average molecular weight is 209 g/mol. The fourth-order valence-corrected chi connectivity index (χ4v) is 1.52. The highest BCUT2D eigenvalue weighted by molar-refractivity contribution is 5.92. The van der Waals surface area contributed by atoms with Crippen LogP contribution in [0.5, 0.6) is 0 Å². The summed E-state index contributed by atoms with van der Waals surface area (Å²) in [6, 6.07) is 3.61. The van der Waals surface area contributed by atoms with E-state index in [0.717, 1.165) is 6.42 Å². The molecule has 1 rings (SSSR count). The Labute approximate surface area is 90.2 Å². The second-order valence-corrected chi connectivity index (χ2v) is 4.12. The van der Waals surface area contributed by atoms with Crippen molar-refractivity contribution in [3.63, 3.8) is 0 Å². The molecule has 0 saturated heterocycles. The number of hydrogen-bond donors (Lipinski definition) is 3. The molecule has 0 aliphatic heterocycles. The molecule has 4 N–H and O–H groups in total. The lowest BCUT2D eigenvalue weighted by molar-refractivity contribution is 0.0929. The standard InChI is InChI=1S/C11H19N3O/c1-8(2)6-9(7-12)14-11(15)10-4-3-5-13-10/h3-5,8-9,13H,6-7,12H2,1-2H3,(H,14,15). The van der Waals surface area contributed by atoms with E-state index in [4.69, 9.17) is 5.73 Å². The smallest absolute Gasteiger partial charge is 0.267 e. The van der Waals surface area contributed by atoms with Gasteiger partial charge in [-0.1, -0.05) is 13.8 Å². The Balaban J connectivity index is 2.48. The SMILES string of the molecule is CC(C)CC(CN)NC(=O)c1ccc[nH]1. The quantitative estimate of drug-likeness (QED) is 0.680. The van der Waals surface area contributed by atoms with Gasteiger partial charge in [0.05, 0.1) is 0 Å². The highest BCUT2D eigenvalue weighted by Gasteiger charge is 2.13. The number of aromatic nitrogens is 1. The van der Waals surface area contributed by atoms with Crippen molar-refractivity contribution in [1.29, 1.82) is 0 Å². The van der Waals surface area contributed by atoms with Gasteiger partial charge in [-0.05, 0) is 24.5 Å². The van der Waals surface area contributed by atoms with Crippen LogP contribution in [0.25, 0.3) is 0 Å². The third-order valence-corrected chi connectivity index (χ3v) is 2.22. The second kappa shape index (κ2) is 5.56. The first-order valence-electron chi connectivity index (χ1n) is 5.27. The summed E-state index contributed by atoms with van der Waals surface area (Å²) in [5.41, 5.74) is 6.18. The lowest BCUT2D eigenvalue weighted by atomic mass is 10.0. The van der Waals surface area contributed by atoms with Crippen molar-refractivity contribution in [2.75, 3.05) is 6.54 Å². The van der Waals surface area contributed by atoms with Gasteiger partial charge in [0.25, 0.3) is 5.91 Å². The number of H-pyrrole nitrogens is 1. The molecule has 1 aromatic rings. The van der Waals surface area contributed by atoms with Gasteiger partial charge >= 0.3 is 0 Å². The molecule has 0 aliphatic carbocycles. The monoisotopic (exact) mass is 209 g/mol. The summed E-state index contributed by atoms with van der Waals surface area (Å²) < 4.78 is 0. The largest absolute Gasteiger partial charge is 0.357 e. The molecule has 0 aromatic carbocycles. The third-order valence-electron chi connectivity index (χ3n) is 2.22. The minimum Gasteiger partial charge on any atom is -0.357 e. The molecule has 0 saturated carbocycles. The summed E-state index contributed by atoms with van der Waals surface area (Å²) >= 11 is 0. The van der Waals surface area contributed by atoms with Crippen LogP contribution in [-0.4, -0.2) is 23.5 Å². The summed E-state index contributed by atoms with van der Waals surface area (Å²) in [5, 5.41) is 2.91. The minimum absolute atomic E-state index is 0.0563. The Morgan fingerprint density at radius 1 is 1.60 bits per heavy atom. The maximum Gasteiger partial charge on any atom is 0.267 e. The Hall–Kier alpha value is -1.29. The van der Waals surface area contributed by atoms with Crippen LogP contribution in [0.2, 0.25) is 0 Å². The lowest BCUT2D eigenvalue weighted by Gasteiger charge is -2.18. The molecule has 15 heavy (non-hydrogen) atoms. The molecule has 1 heterocycles. The van der Waals surface area contributed by atoms with Crippen LogP contribution in [-0.2, 0) is 0 Å². The molecule has 1 unspecified atom stereocenters. The fraction of sp³-hybridized carbons (Fsp3) is 0.545. The van der Waals surface area contributed by atoms with Crippen LogP contribution in [0.4, 0.5) is 0 Å². The first-order chi connectivity index (χ1) is 7.13. The first kappa shape index (κ1) is 11.8. The Bertz CT molecular complexity index is 293. The number of amides is 1. The van der Waals surface area contributed by atoms with Crippen LogP contribution in [0.15, 0.2) is 18.3 Å². The van der Waals surface area contributed by atoms with Crippen molar-refractivity contribution in [2.45, 2.75) is 26.3 Å². The van der Waals surface area contributed by atoms with Crippen LogP contribution in [0.1, 0.15) is 30.8 Å². The number of aromatic amines is 1. The lowest BCUT2D eigenvalue weighted by Crippen LogP contribution is -2.41. The molecule has 0 fully saturated rings. The maximum absolute atomic E-state index is 11.7. The number of nitrogens with one attached hydrogen (secondary N) is 2. The van der Waals surface area contributed by atoms with Crippen LogP contribution in [0, 0.1) is 5.92 Å². The molecule has 0 spiro atoms. The van der Waals surface area contributed by atoms with Gasteiger partial charge in [-0.2, -0.15) is 0 Å². The van der Waals surface area contributed by atoms with Crippen molar-refractivity contribution >= 4 is 5.91 Å². The van der Waals surface area contributed by atoms with Gasteiger partial charge in [0.15, 0.2) is 0 Å². The van der Waals surface area contributed by atoms with E-state index in [1.165, 1.54) is 0 Å². The van der Waals surface area contributed by atoms with E-state index in [-0.39, 0.29) is 11.9 Å². The number of rotatable bonds is 5. The van der Waals surface area contributed by atoms with Crippen molar-refractivity contribution in [1.82, 2.24) is 10.3 Å². The Kier molecular flexibility index (Phi) is 4.37. The van der Waals surface area contributed by atoms with Crippen molar-refractivity contribution in [2.24, 2.45) is 11.7 Å². The van der Waals surface area contributed by atoms with E-state index in [2.05, 4.69) is 24.1 Å². The fourth-order valence-electron chi connectivity index (χ4n) is 1.52. The number of carbonyl (C=O) groups is 1. The number of nitrogens with two attached hydrogens (primary N) is 1. The van der Waals surface area contributed by atoms with E-state index in [1.54, 1.807) is 18.3 Å². The maximum atomic E-state index is 11.7. The van der Waals surface area contributed by atoms with E-state index < -0.39 is 0 Å². The Morgan fingerprint density at radius 2 is 2.33 bits per heavy atom. The van der Waals surface area contributed by atoms with E-state index in [1.807, 2.05) is 0 Å². The number of hydrogen-bond acceptors (Lipinski definition) is 2. The highest BCUT2D eigenvalue weighted by atomic mass is 16.1. The molecule has 4 heteroatoms. The summed E-state index contributed by atoms with van der Waals surface area (Å²) in [4.78, 5) is 14.5. The normalized spacial score (nSPS) is 12.8. The van der Waals surface area contributed by atoms with Gasteiger partial charge < -0.3 is 16.0 Å². The van der Waals surface area contributed by atoms with Crippen LogP contribution < -0.4 is 11.1 Å². The van der Waals surface area contributed by atoms with Gasteiger partial charge in [-0.3, -0.25) is 4.79 Å². The number of carbonyl (C=O) groups excluding carboxylic acids is 1. The summed E-state index contributed by atoms with van der Waals surface area (Å²) in [5.74, 6) is 0.443. The van der Waals surface area contributed by atoms with Crippen molar-refractivity contribution in [3.05, 3.63) is 24.0 Å².